The van der Waals surface area contributed by atoms with E-state index in [9.17, 15) is 8.78 Å². The molecule has 0 saturated carbocycles. The lowest BCUT2D eigenvalue weighted by molar-refractivity contribution is 0.220. The van der Waals surface area contributed by atoms with Gasteiger partial charge in [-0.2, -0.15) is 0 Å². The molecule has 2 heterocycles. The molecule has 2 rings (SSSR count). The van der Waals surface area contributed by atoms with Gasteiger partial charge >= 0.3 is 0 Å². The van der Waals surface area contributed by atoms with Crippen LogP contribution in [0.4, 0.5) is 8.78 Å². The minimum absolute atomic E-state index is 0.0466. The molecule has 0 aromatic carbocycles. The Bertz CT molecular complexity index is 636. The van der Waals surface area contributed by atoms with E-state index < -0.39 is 11.6 Å². The first-order chi connectivity index (χ1) is 12.8. The summed E-state index contributed by atoms with van der Waals surface area (Å²) in [5, 5.41) is 0. The Morgan fingerprint density at radius 2 is 1.26 bits per heavy atom. The summed E-state index contributed by atoms with van der Waals surface area (Å²) in [4.78, 5) is 7.59. The lowest BCUT2D eigenvalue weighted by Crippen LogP contribution is -2.08. The van der Waals surface area contributed by atoms with E-state index in [-0.39, 0.29) is 17.9 Å². The number of hydrogen-bond donors (Lipinski definition) is 0. The molecule has 0 saturated heterocycles. The van der Waals surface area contributed by atoms with Crippen LogP contribution in [-0.4, -0.2) is 22.7 Å². The van der Waals surface area contributed by atoms with E-state index in [1.165, 1.54) is 12.1 Å². The Morgan fingerprint density at radius 1 is 0.852 bits per heavy atom. The van der Waals surface area contributed by atoms with Gasteiger partial charge in [-0.3, -0.25) is 0 Å². The average Bonchev–Trinajstić information content (AvgIpc) is 2.64. The average molecular weight is 385 g/mol. The molecule has 0 fully saturated rings. The second-order valence-electron chi connectivity index (χ2n) is 5.20. The number of aromatic nitrogens is 2. The maximum Gasteiger partial charge on any atom is 0.250 e. The van der Waals surface area contributed by atoms with Crippen LogP contribution < -0.4 is 9.47 Å². The zero-order valence-corrected chi connectivity index (χ0v) is 18.1. The molecular formula is C21H34F2N2O2. The Morgan fingerprint density at radius 3 is 1.59 bits per heavy atom. The van der Waals surface area contributed by atoms with E-state index in [4.69, 9.17) is 9.47 Å². The summed E-state index contributed by atoms with van der Waals surface area (Å²) >= 11 is 0. The summed E-state index contributed by atoms with van der Waals surface area (Å²) in [5.74, 6) is -0.635. The monoisotopic (exact) mass is 384 g/mol. The highest BCUT2D eigenvalue weighted by molar-refractivity contribution is 5.19. The predicted octanol–water partition coefficient (Wildman–Crippen LogP) is 6.30. The Balaban J connectivity index is 0. The summed E-state index contributed by atoms with van der Waals surface area (Å²) in [6.07, 6.45) is 3.12. The lowest BCUT2D eigenvalue weighted by Gasteiger charge is -2.08. The first-order valence-electron chi connectivity index (χ1n) is 9.37. The van der Waals surface area contributed by atoms with Crippen LogP contribution in [0.2, 0.25) is 0 Å². The molecule has 2 aromatic rings. The van der Waals surface area contributed by atoms with Crippen LogP contribution in [0.3, 0.4) is 0 Å². The third-order valence-electron chi connectivity index (χ3n) is 2.52. The molecule has 0 aliphatic carbocycles. The van der Waals surface area contributed by atoms with Gasteiger partial charge < -0.3 is 9.47 Å². The summed E-state index contributed by atoms with van der Waals surface area (Å²) in [5.41, 5.74) is 1.59. The maximum atomic E-state index is 13.0. The largest absolute Gasteiger partial charge is 0.476 e. The zero-order chi connectivity index (χ0) is 21.4. The van der Waals surface area contributed by atoms with Gasteiger partial charge in [0.1, 0.15) is 0 Å². The minimum atomic E-state index is -0.399. The van der Waals surface area contributed by atoms with Crippen molar-refractivity contribution in [2.45, 2.75) is 68.4 Å². The molecule has 0 atom stereocenters. The van der Waals surface area contributed by atoms with Crippen molar-refractivity contribution >= 4 is 0 Å². The smallest absolute Gasteiger partial charge is 0.250 e. The zero-order valence-electron chi connectivity index (χ0n) is 18.1. The van der Waals surface area contributed by atoms with Gasteiger partial charge in [0.15, 0.2) is 11.6 Å². The summed E-state index contributed by atoms with van der Waals surface area (Å²) < 4.78 is 35.9. The first kappa shape index (κ1) is 27.0. The predicted molar refractivity (Wildman–Crippen MR) is 107 cm³/mol. The van der Waals surface area contributed by atoms with Crippen molar-refractivity contribution in [2.75, 3.05) is 6.61 Å². The summed E-state index contributed by atoms with van der Waals surface area (Å²) in [7, 11) is 0. The number of hydrogen-bond acceptors (Lipinski definition) is 4. The normalized spacial score (nSPS) is 9.04. The fourth-order valence-electron chi connectivity index (χ4n) is 1.59. The van der Waals surface area contributed by atoms with E-state index in [0.29, 0.717) is 6.61 Å². The van der Waals surface area contributed by atoms with Crippen molar-refractivity contribution in [3.63, 3.8) is 0 Å². The number of halogens is 2. The molecule has 0 unspecified atom stereocenters. The molecule has 0 amide bonds. The van der Waals surface area contributed by atoms with Gasteiger partial charge in [-0.25, -0.2) is 18.7 Å². The number of aryl methyl sites for hydroxylation is 2. The topological polar surface area (TPSA) is 44.2 Å². The summed E-state index contributed by atoms with van der Waals surface area (Å²) in [6, 6.07) is 2.81. The molecule has 0 N–H and O–H groups in total. The highest BCUT2D eigenvalue weighted by atomic mass is 19.1. The minimum Gasteiger partial charge on any atom is -0.476 e. The van der Waals surface area contributed by atoms with E-state index in [2.05, 4.69) is 9.97 Å². The van der Waals surface area contributed by atoms with Crippen LogP contribution in [0, 0.1) is 25.5 Å². The third-order valence-corrected chi connectivity index (χ3v) is 2.52. The van der Waals surface area contributed by atoms with Crippen LogP contribution in [0.5, 0.6) is 11.8 Å². The first-order valence-corrected chi connectivity index (χ1v) is 9.37. The molecule has 0 spiro atoms. The van der Waals surface area contributed by atoms with Crippen LogP contribution in [0.25, 0.3) is 0 Å². The Labute approximate surface area is 163 Å². The van der Waals surface area contributed by atoms with Crippen molar-refractivity contribution in [3.05, 3.63) is 47.3 Å². The third kappa shape index (κ3) is 11.9. The van der Waals surface area contributed by atoms with Crippen LogP contribution in [0.1, 0.15) is 59.6 Å². The molecular weight excluding hydrogens is 350 g/mol. The number of ether oxygens (including phenoxy) is 2. The van der Waals surface area contributed by atoms with Crippen molar-refractivity contribution in [2.24, 2.45) is 0 Å². The quantitative estimate of drug-likeness (QED) is 0.621. The summed E-state index contributed by atoms with van der Waals surface area (Å²) in [6.45, 7) is 17.5. The van der Waals surface area contributed by atoms with Gasteiger partial charge in [-0.05, 0) is 57.9 Å². The fourth-order valence-corrected chi connectivity index (χ4v) is 1.59. The van der Waals surface area contributed by atoms with Gasteiger partial charge in [-0.1, -0.05) is 27.7 Å². The SMILES string of the molecule is CC.CC.CCOc1ncc(C)cc1F.Cc1cnc(OC(C)C)c(F)c1. The lowest BCUT2D eigenvalue weighted by atomic mass is 10.3. The van der Waals surface area contributed by atoms with Crippen molar-refractivity contribution in [1.29, 1.82) is 0 Å². The molecule has 27 heavy (non-hydrogen) atoms. The molecule has 154 valence electrons. The second kappa shape index (κ2) is 16.0. The van der Waals surface area contributed by atoms with Gasteiger partial charge in [0.2, 0.25) is 5.88 Å². The van der Waals surface area contributed by atoms with Gasteiger partial charge in [0, 0.05) is 12.4 Å². The van der Waals surface area contributed by atoms with E-state index in [1.807, 2.05) is 41.5 Å². The maximum absolute atomic E-state index is 13.0. The second-order valence-corrected chi connectivity index (χ2v) is 5.20. The van der Waals surface area contributed by atoms with Crippen molar-refractivity contribution in [3.8, 4) is 11.8 Å². The standard InChI is InChI=1S/C9H12FNO.C8H10FNO.2C2H6/c1-6(2)12-9-8(10)4-7(3)5-11-9;1-3-11-8-7(9)4-6(2)5-10-8;2*1-2/h4-6H,1-3H3;4-5H,3H2,1-2H3;2*1-2H3. The molecule has 0 aliphatic rings. The Hall–Kier alpha value is -2.24. The van der Waals surface area contributed by atoms with Gasteiger partial charge in [0.05, 0.1) is 12.7 Å². The fraction of sp³-hybridized carbons (Fsp3) is 0.524. The molecule has 0 aliphatic heterocycles. The van der Waals surface area contributed by atoms with Gasteiger partial charge in [0.25, 0.3) is 5.88 Å². The molecule has 0 radical (unpaired) electrons. The molecule has 2 aromatic heterocycles. The number of nitrogens with zero attached hydrogens (tertiary/aromatic N) is 2. The number of pyridine rings is 2. The van der Waals surface area contributed by atoms with Crippen LogP contribution in [-0.2, 0) is 0 Å². The molecule has 6 heteroatoms. The van der Waals surface area contributed by atoms with E-state index >= 15 is 0 Å². The van der Waals surface area contributed by atoms with Crippen molar-refractivity contribution < 1.29 is 18.3 Å². The highest BCUT2D eigenvalue weighted by Crippen LogP contribution is 2.15. The van der Waals surface area contributed by atoms with Gasteiger partial charge in [-0.15, -0.1) is 0 Å². The Kier molecular flexibility index (Phi) is 16.0. The van der Waals surface area contributed by atoms with Crippen molar-refractivity contribution in [1.82, 2.24) is 9.97 Å². The van der Waals surface area contributed by atoms with Crippen LogP contribution in [0.15, 0.2) is 24.5 Å². The number of rotatable bonds is 4. The van der Waals surface area contributed by atoms with E-state index in [0.717, 1.165) is 11.1 Å². The van der Waals surface area contributed by atoms with Crippen LogP contribution >= 0.6 is 0 Å². The highest BCUT2D eigenvalue weighted by Gasteiger charge is 2.06. The van der Waals surface area contributed by atoms with E-state index in [1.54, 1.807) is 33.2 Å². The molecule has 4 nitrogen and oxygen atoms in total. The molecule has 0 bridgehead atoms.